The van der Waals surface area contributed by atoms with Gasteiger partial charge >= 0.3 is 5.97 Å². The van der Waals surface area contributed by atoms with Gasteiger partial charge in [-0.15, -0.1) is 0 Å². The van der Waals surface area contributed by atoms with Crippen LogP contribution in [0.25, 0.3) is 5.65 Å². The average Bonchev–Trinajstić information content (AvgIpc) is 2.85. The molecule has 6 nitrogen and oxygen atoms in total. The first-order chi connectivity index (χ1) is 11.0. The highest BCUT2D eigenvalue weighted by molar-refractivity contribution is 6.05. The Morgan fingerprint density at radius 1 is 1.13 bits per heavy atom. The maximum atomic E-state index is 12.6. The molecule has 0 spiro atoms. The summed E-state index contributed by atoms with van der Waals surface area (Å²) in [5, 5.41) is 11.8. The fraction of sp³-hybridized carbons (Fsp3) is 0.118. The lowest BCUT2D eigenvalue weighted by molar-refractivity contribution is 0.0696. The zero-order chi connectivity index (χ0) is 16.6. The number of amides is 1. The van der Waals surface area contributed by atoms with Gasteiger partial charge in [0.05, 0.1) is 11.3 Å². The molecular weight excluding hydrogens is 294 g/mol. The van der Waals surface area contributed by atoms with Gasteiger partial charge in [-0.05, 0) is 44.2 Å². The standard InChI is InChI=1S/C17H15N3O3/c1-10-5-3-8-14-18-11(2)15(20(10)14)16(21)19-13-7-4-6-12(9-13)17(22)23/h3-9H,1-2H3,(H,19,21)(H,22,23). The van der Waals surface area contributed by atoms with E-state index in [1.807, 2.05) is 25.1 Å². The number of hydrogen-bond donors (Lipinski definition) is 2. The van der Waals surface area contributed by atoms with Crippen molar-refractivity contribution in [2.24, 2.45) is 0 Å². The maximum Gasteiger partial charge on any atom is 0.335 e. The summed E-state index contributed by atoms with van der Waals surface area (Å²) in [6, 6.07) is 11.8. The zero-order valence-electron chi connectivity index (χ0n) is 12.7. The van der Waals surface area contributed by atoms with Crippen LogP contribution in [0.3, 0.4) is 0 Å². The van der Waals surface area contributed by atoms with Gasteiger partial charge in [0.15, 0.2) is 0 Å². The highest BCUT2D eigenvalue weighted by Crippen LogP contribution is 2.17. The number of benzene rings is 1. The fourth-order valence-electron chi connectivity index (χ4n) is 2.55. The van der Waals surface area contributed by atoms with E-state index in [0.29, 0.717) is 22.7 Å². The summed E-state index contributed by atoms with van der Waals surface area (Å²) in [5.41, 5.74) is 3.20. The minimum absolute atomic E-state index is 0.119. The number of carboxylic acids is 1. The third kappa shape index (κ3) is 2.66. The van der Waals surface area contributed by atoms with Gasteiger partial charge in [0.2, 0.25) is 0 Å². The minimum atomic E-state index is -1.04. The molecule has 0 saturated heterocycles. The predicted molar refractivity (Wildman–Crippen MR) is 86.0 cm³/mol. The number of imidazole rings is 1. The first-order valence-electron chi connectivity index (χ1n) is 7.07. The first-order valence-corrected chi connectivity index (χ1v) is 7.07. The molecule has 0 atom stereocenters. The Bertz CT molecular complexity index is 928. The Balaban J connectivity index is 2.00. The van der Waals surface area contributed by atoms with Gasteiger partial charge in [-0.2, -0.15) is 0 Å². The molecule has 116 valence electrons. The smallest absolute Gasteiger partial charge is 0.335 e. The van der Waals surface area contributed by atoms with Crippen molar-refractivity contribution in [1.82, 2.24) is 9.38 Å². The number of nitrogens with zero attached hydrogens (tertiary/aromatic N) is 2. The van der Waals surface area contributed by atoms with Crippen molar-refractivity contribution in [3.8, 4) is 0 Å². The third-order valence-corrected chi connectivity index (χ3v) is 3.60. The number of carbonyl (C=O) groups is 2. The summed E-state index contributed by atoms with van der Waals surface area (Å²) in [5.74, 6) is -1.37. The van der Waals surface area contributed by atoms with Gasteiger partial charge in [-0.25, -0.2) is 9.78 Å². The van der Waals surface area contributed by atoms with Gasteiger partial charge in [0.1, 0.15) is 11.3 Å². The molecule has 0 radical (unpaired) electrons. The number of anilines is 1. The van der Waals surface area contributed by atoms with Crippen LogP contribution in [0.4, 0.5) is 5.69 Å². The van der Waals surface area contributed by atoms with E-state index in [9.17, 15) is 9.59 Å². The van der Waals surface area contributed by atoms with Crippen molar-refractivity contribution in [3.63, 3.8) is 0 Å². The van der Waals surface area contributed by atoms with Crippen molar-refractivity contribution < 1.29 is 14.7 Å². The molecule has 2 heterocycles. The van der Waals surface area contributed by atoms with Crippen LogP contribution in [-0.4, -0.2) is 26.4 Å². The van der Waals surface area contributed by atoms with E-state index in [0.717, 1.165) is 5.69 Å². The van der Waals surface area contributed by atoms with Gasteiger partial charge < -0.3 is 10.4 Å². The number of rotatable bonds is 3. The molecule has 3 aromatic rings. The Kier molecular flexibility index (Phi) is 3.57. The second kappa shape index (κ2) is 5.57. The quantitative estimate of drug-likeness (QED) is 0.779. The minimum Gasteiger partial charge on any atom is -0.478 e. The van der Waals surface area contributed by atoms with E-state index in [1.165, 1.54) is 12.1 Å². The monoisotopic (exact) mass is 309 g/mol. The summed E-state index contributed by atoms with van der Waals surface area (Å²) >= 11 is 0. The topological polar surface area (TPSA) is 83.7 Å². The number of carbonyl (C=O) groups excluding carboxylic acids is 1. The summed E-state index contributed by atoms with van der Waals surface area (Å²) in [7, 11) is 0. The normalized spacial score (nSPS) is 10.7. The second-order valence-corrected chi connectivity index (χ2v) is 5.25. The van der Waals surface area contributed by atoms with Gasteiger partial charge in [-0.1, -0.05) is 12.1 Å². The molecule has 3 rings (SSSR count). The summed E-state index contributed by atoms with van der Waals surface area (Å²) in [6.45, 7) is 3.67. The van der Waals surface area contributed by atoms with Crippen molar-refractivity contribution >= 4 is 23.2 Å². The highest BCUT2D eigenvalue weighted by Gasteiger charge is 2.18. The molecule has 2 N–H and O–H groups in total. The highest BCUT2D eigenvalue weighted by atomic mass is 16.4. The van der Waals surface area contributed by atoms with E-state index in [4.69, 9.17) is 5.11 Å². The fourth-order valence-corrected chi connectivity index (χ4v) is 2.55. The van der Waals surface area contributed by atoms with E-state index in [1.54, 1.807) is 23.5 Å². The average molecular weight is 309 g/mol. The van der Waals surface area contributed by atoms with Crippen molar-refractivity contribution in [1.29, 1.82) is 0 Å². The van der Waals surface area contributed by atoms with Gasteiger partial charge in [0, 0.05) is 11.4 Å². The Morgan fingerprint density at radius 2 is 1.87 bits per heavy atom. The molecule has 0 aliphatic carbocycles. The SMILES string of the molecule is Cc1nc2cccc(C)n2c1C(=O)Nc1cccc(C(=O)O)c1. The van der Waals surface area contributed by atoms with E-state index >= 15 is 0 Å². The number of carboxylic acid groups (broad SMARTS) is 1. The Hall–Kier alpha value is -3.15. The van der Waals surface area contributed by atoms with Crippen molar-refractivity contribution in [2.45, 2.75) is 13.8 Å². The first kappa shape index (κ1) is 14.8. The summed E-state index contributed by atoms with van der Waals surface area (Å²) in [4.78, 5) is 28.0. The summed E-state index contributed by atoms with van der Waals surface area (Å²) in [6.07, 6.45) is 0. The van der Waals surface area contributed by atoms with E-state index in [-0.39, 0.29) is 11.5 Å². The number of aromatic nitrogens is 2. The Labute approximate surface area is 132 Å². The number of hydrogen-bond acceptors (Lipinski definition) is 3. The molecule has 0 bridgehead atoms. The Morgan fingerprint density at radius 3 is 2.61 bits per heavy atom. The van der Waals surface area contributed by atoms with Crippen LogP contribution >= 0.6 is 0 Å². The van der Waals surface area contributed by atoms with Crippen molar-refractivity contribution in [3.05, 3.63) is 65.1 Å². The van der Waals surface area contributed by atoms with Crippen LogP contribution in [0.15, 0.2) is 42.5 Å². The van der Waals surface area contributed by atoms with Gasteiger partial charge in [0.25, 0.3) is 5.91 Å². The molecule has 6 heteroatoms. The van der Waals surface area contributed by atoms with Gasteiger partial charge in [-0.3, -0.25) is 9.20 Å². The van der Waals surface area contributed by atoms with Crippen LogP contribution in [0.1, 0.15) is 32.2 Å². The van der Waals surface area contributed by atoms with E-state index in [2.05, 4.69) is 10.3 Å². The zero-order valence-corrected chi connectivity index (χ0v) is 12.7. The molecule has 0 aliphatic rings. The number of fused-ring (bicyclic) bond motifs is 1. The van der Waals surface area contributed by atoms with Crippen LogP contribution in [0, 0.1) is 13.8 Å². The van der Waals surface area contributed by atoms with E-state index < -0.39 is 5.97 Å². The maximum absolute atomic E-state index is 12.6. The van der Waals surface area contributed by atoms with Crippen LogP contribution < -0.4 is 5.32 Å². The number of aryl methyl sites for hydroxylation is 2. The molecule has 2 aromatic heterocycles. The molecule has 23 heavy (non-hydrogen) atoms. The number of nitrogens with one attached hydrogen (secondary N) is 1. The lowest BCUT2D eigenvalue weighted by atomic mass is 10.2. The van der Waals surface area contributed by atoms with Crippen molar-refractivity contribution in [2.75, 3.05) is 5.32 Å². The second-order valence-electron chi connectivity index (χ2n) is 5.25. The summed E-state index contributed by atoms with van der Waals surface area (Å²) < 4.78 is 1.78. The molecule has 0 saturated carbocycles. The predicted octanol–water partition coefficient (Wildman–Crippen LogP) is 2.90. The molecule has 0 fully saturated rings. The largest absolute Gasteiger partial charge is 0.478 e. The number of pyridine rings is 1. The van der Waals surface area contributed by atoms with Crippen LogP contribution in [-0.2, 0) is 0 Å². The lowest BCUT2D eigenvalue weighted by Gasteiger charge is -2.08. The lowest BCUT2D eigenvalue weighted by Crippen LogP contribution is -2.16. The molecule has 1 amide bonds. The third-order valence-electron chi connectivity index (χ3n) is 3.60. The van der Waals surface area contributed by atoms with Crippen LogP contribution in [0.2, 0.25) is 0 Å². The number of aromatic carboxylic acids is 1. The van der Waals surface area contributed by atoms with Crippen LogP contribution in [0.5, 0.6) is 0 Å². The molecule has 1 aromatic carbocycles. The molecule has 0 aliphatic heterocycles. The molecular formula is C17H15N3O3. The molecule has 0 unspecified atom stereocenters.